The Morgan fingerprint density at radius 1 is 1.06 bits per heavy atom. The van der Waals surface area contributed by atoms with E-state index in [0.717, 1.165) is 12.1 Å². The topological polar surface area (TPSA) is 95.1 Å². The molecule has 1 aliphatic rings. The van der Waals surface area contributed by atoms with Gasteiger partial charge in [-0.1, -0.05) is 6.07 Å². The van der Waals surface area contributed by atoms with Gasteiger partial charge in [0, 0.05) is 24.5 Å². The van der Waals surface area contributed by atoms with Crippen LogP contribution in [0.3, 0.4) is 0 Å². The minimum absolute atomic E-state index is 0.0103. The van der Waals surface area contributed by atoms with E-state index < -0.39 is 24.0 Å². The Labute approximate surface area is 175 Å². The number of halogens is 3. The van der Waals surface area contributed by atoms with Crippen LogP contribution >= 0.6 is 0 Å². The van der Waals surface area contributed by atoms with Gasteiger partial charge in [-0.3, -0.25) is 10.2 Å². The quantitative estimate of drug-likeness (QED) is 0.665. The molecule has 1 aliphatic heterocycles. The number of ether oxygens (including phenoxy) is 1. The van der Waals surface area contributed by atoms with Crippen molar-refractivity contribution in [3.8, 4) is 5.75 Å². The van der Waals surface area contributed by atoms with Crippen LogP contribution in [0.25, 0.3) is 0 Å². The molecule has 1 heterocycles. The summed E-state index contributed by atoms with van der Waals surface area (Å²) in [5.74, 6) is 0.158. The zero-order valence-electron chi connectivity index (χ0n) is 16.2. The van der Waals surface area contributed by atoms with Gasteiger partial charge in [-0.25, -0.2) is 14.8 Å². The second-order valence-electron chi connectivity index (χ2n) is 6.37. The maximum absolute atomic E-state index is 12.8. The minimum atomic E-state index is -4.50. The van der Waals surface area contributed by atoms with E-state index in [1.165, 1.54) is 36.6 Å². The smallest absolute Gasteiger partial charge is 0.416 e. The zero-order valence-corrected chi connectivity index (χ0v) is 16.2. The van der Waals surface area contributed by atoms with Crippen LogP contribution in [0.5, 0.6) is 5.75 Å². The maximum Gasteiger partial charge on any atom is 0.416 e. The fourth-order valence-corrected chi connectivity index (χ4v) is 2.59. The monoisotopic (exact) mass is 433 g/mol. The number of alkyl halides is 3. The Morgan fingerprint density at radius 3 is 2.45 bits per heavy atom. The number of hydrogen-bond donors (Lipinski definition) is 3. The van der Waals surface area contributed by atoms with Gasteiger partial charge in [-0.05, 0) is 48.5 Å². The number of amides is 3. The van der Waals surface area contributed by atoms with Crippen molar-refractivity contribution in [2.45, 2.75) is 19.3 Å². The summed E-state index contributed by atoms with van der Waals surface area (Å²) in [5, 5.41) is 6.27. The lowest BCUT2D eigenvalue weighted by atomic mass is 10.2. The molecule has 0 radical (unpaired) electrons. The van der Waals surface area contributed by atoms with Gasteiger partial charge in [-0.15, -0.1) is 0 Å². The first-order valence-electron chi connectivity index (χ1n) is 8.98. The minimum Gasteiger partial charge on any atom is -0.465 e. The molecule has 31 heavy (non-hydrogen) atoms. The molecule has 1 unspecified atom stereocenters. The maximum atomic E-state index is 12.8. The van der Waals surface area contributed by atoms with E-state index >= 15 is 0 Å². The molecule has 0 bridgehead atoms. The van der Waals surface area contributed by atoms with Crippen molar-refractivity contribution in [2.24, 2.45) is 4.99 Å². The van der Waals surface area contributed by atoms with Crippen molar-refractivity contribution in [1.29, 1.82) is 0 Å². The molecule has 8 nitrogen and oxygen atoms in total. The van der Waals surface area contributed by atoms with E-state index in [4.69, 9.17) is 4.74 Å². The highest BCUT2D eigenvalue weighted by Gasteiger charge is 2.30. The van der Waals surface area contributed by atoms with E-state index in [9.17, 15) is 22.8 Å². The molecule has 3 rings (SSSR count). The van der Waals surface area contributed by atoms with Crippen LogP contribution in [-0.2, 0) is 11.0 Å². The molecule has 0 spiro atoms. The molecular weight excluding hydrogens is 415 g/mol. The number of nitrogens with zero attached hydrogens (tertiary/aromatic N) is 2. The number of anilines is 2. The standard InChI is InChI=1S/C20H18F3N5O3/c1-13(29)27-28-12-24-10-9-18(28)31-17-7-5-15(6-8-17)25-19(30)26-16-4-2-3-14(11-16)20(21,22)23/h2-12,18H,1H3,(H,27,29)(H2,25,26,30). The van der Waals surface area contributed by atoms with Gasteiger partial charge in [-0.2, -0.15) is 13.2 Å². The van der Waals surface area contributed by atoms with Crippen molar-refractivity contribution in [3.63, 3.8) is 0 Å². The average molecular weight is 433 g/mol. The highest BCUT2D eigenvalue weighted by molar-refractivity contribution is 5.99. The normalized spacial score (nSPS) is 15.4. The second kappa shape index (κ2) is 9.20. The van der Waals surface area contributed by atoms with Gasteiger partial charge in [0.05, 0.1) is 5.56 Å². The number of rotatable bonds is 5. The van der Waals surface area contributed by atoms with Gasteiger partial charge in [0.2, 0.25) is 12.1 Å². The molecule has 3 amide bonds. The fraction of sp³-hybridized carbons (Fsp3) is 0.150. The second-order valence-corrected chi connectivity index (χ2v) is 6.37. The number of aliphatic imine (C=N–C) groups is 1. The van der Waals surface area contributed by atoms with Crippen molar-refractivity contribution in [3.05, 3.63) is 66.4 Å². The summed E-state index contributed by atoms with van der Waals surface area (Å²) < 4.78 is 44.1. The summed E-state index contributed by atoms with van der Waals surface area (Å²) in [5.41, 5.74) is 2.11. The molecule has 0 fully saturated rings. The van der Waals surface area contributed by atoms with E-state index in [1.54, 1.807) is 30.3 Å². The number of nitrogens with one attached hydrogen (secondary N) is 3. The lowest BCUT2D eigenvalue weighted by Gasteiger charge is -2.29. The highest BCUT2D eigenvalue weighted by Crippen LogP contribution is 2.30. The van der Waals surface area contributed by atoms with E-state index in [1.807, 2.05) is 0 Å². The van der Waals surface area contributed by atoms with Crippen molar-refractivity contribution in [2.75, 3.05) is 10.6 Å². The summed E-state index contributed by atoms with van der Waals surface area (Å²) in [6.07, 6.45) is -0.565. The van der Waals surface area contributed by atoms with Crippen LogP contribution in [0, 0.1) is 0 Å². The van der Waals surface area contributed by atoms with E-state index in [0.29, 0.717) is 11.4 Å². The van der Waals surface area contributed by atoms with Crippen LogP contribution in [0.15, 0.2) is 65.8 Å². The number of hydrogen-bond acceptors (Lipinski definition) is 5. The highest BCUT2D eigenvalue weighted by atomic mass is 19.4. The van der Waals surface area contributed by atoms with Crippen molar-refractivity contribution in [1.82, 2.24) is 10.4 Å². The summed E-state index contributed by atoms with van der Waals surface area (Å²) in [6.45, 7) is 1.36. The summed E-state index contributed by atoms with van der Waals surface area (Å²) >= 11 is 0. The first-order chi connectivity index (χ1) is 14.7. The largest absolute Gasteiger partial charge is 0.465 e. The Morgan fingerprint density at radius 2 is 1.77 bits per heavy atom. The van der Waals surface area contributed by atoms with Gasteiger partial charge < -0.3 is 15.4 Å². The molecule has 11 heteroatoms. The third-order valence-corrected chi connectivity index (χ3v) is 3.91. The van der Waals surface area contributed by atoms with Crippen molar-refractivity contribution >= 4 is 29.7 Å². The van der Waals surface area contributed by atoms with Gasteiger partial charge in [0.15, 0.2) is 0 Å². The number of benzene rings is 2. The fourth-order valence-electron chi connectivity index (χ4n) is 2.59. The first-order valence-corrected chi connectivity index (χ1v) is 8.98. The number of carbonyl (C=O) groups excluding carboxylic acids is 2. The van der Waals surface area contributed by atoms with Gasteiger partial charge in [0.1, 0.15) is 12.1 Å². The molecule has 0 saturated carbocycles. The number of carbonyl (C=O) groups is 2. The van der Waals surface area contributed by atoms with E-state index in [-0.39, 0.29) is 11.6 Å². The third kappa shape index (κ3) is 6.23. The zero-order chi connectivity index (χ0) is 22.4. The Hall–Kier alpha value is -4.02. The van der Waals surface area contributed by atoms with Gasteiger partial charge in [0.25, 0.3) is 0 Å². The molecule has 0 aliphatic carbocycles. The Balaban J connectivity index is 1.58. The van der Waals surface area contributed by atoms with Crippen molar-refractivity contribution < 1.29 is 27.5 Å². The van der Waals surface area contributed by atoms with E-state index in [2.05, 4.69) is 21.1 Å². The van der Waals surface area contributed by atoms with Crippen LogP contribution in [-0.4, -0.2) is 29.5 Å². The predicted molar refractivity (Wildman–Crippen MR) is 108 cm³/mol. The molecule has 162 valence electrons. The lowest BCUT2D eigenvalue weighted by Crippen LogP contribution is -2.49. The summed E-state index contributed by atoms with van der Waals surface area (Å²) in [4.78, 5) is 27.3. The molecule has 0 saturated heterocycles. The third-order valence-electron chi connectivity index (χ3n) is 3.91. The number of urea groups is 1. The average Bonchev–Trinajstić information content (AvgIpc) is 2.70. The SMILES string of the molecule is CC(=O)NN1C=NC=CC1Oc1ccc(NC(=O)Nc2cccc(C(F)(F)F)c2)cc1. The first kappa shape index (κ1) is 21.7. The Bertz CT molecular complexity index is 1010. The Kier molecular flexibility index (Phi) is 6.43. The molecule has 1 atom stereocenters. The summed E-state index contributed by atoms with van der Waals surface area (Å²) in [7, 11) is 0. The van der Waals surface area contributed by atoms with Crippen LogP contribution in [0.2, 0.25) is 0 Å². The van der Waals surface area contributed by atoms with Gasteiger partial charge >= 0.3 is 12.2 Å². The van der Waals surface area contributed by atoms with Crippen LogP contribution in [0.4, 0.5) is 29.3 Å². The lowest BCUT2D eigenvalue weighted by molar-refractivity contribution is -0.137. The van der Waals surface area contributed by atoms with Crippen LogP contribution in [0.1, 0.15) is 12.5 Å². The molecule has 0 aromatic heterocycles. The molecule has 3 N–H and O–H groups in total. The van der Waals surface area contributed by atoms with Crippen LogP contribution < -0.4 is 20.8 Å². The summed E-state index contributed by atoms with van der Waals surface area (Å²) in [6, 6.07) is 9.93. The predicted octanol–water partition coefficient (Wildman–Crippen LogP) is 3.96. The number of hydrazine groups is 1. The molecule has 2 aromatic rings. The molecular formula is C20H18F3N5O3. The molecule has 2 aromatic carbocycles.